The molecule has 3 rings (SSSR count). The Balaban J connectivity index is 0.000000706. The molecule has 0 spiro atoms. The van der Waals surface area contributed by atoms with E-state index in [1.165, 1.54) is 0 Å². The lowest BCUT2D eigenvalue weighted by Gasteiger charge is -2.29. The fraction of sp³-hybridized carbons (Fsp3) is 0.400. The van der Waals surface area contributed by atoms with E-state index in [1.807, 2.05) is 32.0 Å². The van der Waals surface area contributed by atoms with E-state index >= 15 is 0 Å². The summed E-state index contributed by atoms with van der Waals surface area (Å²) in [6, 6.07) is 6.82. The van der Waals surface area contributed by atoms with Crippen molar-refractivity contribution in [1.82, 2.24) is 10.2 Å². The van der Waals surface area contributed by atoms with Gasteiger partial charge in [-0.05, 0) is 18.1 Å². The van der Waals surface area contributed by atoms with Gasteiger partial charge in [0.2, 0.25) is 11.8 Å². The summed E-state index contributed by atoms with van der Waals surface area (Å²) in [6.07, 6.45) is 0.695. The van der Waals surface area contributed by atoms with E-state index in [9.17, 15) is 14.4 Å². The summed E-state index contributed by atoms with van der Waals surface area (Å²) >= 11 is 0. The molecular weight excluding hydrogens is 256 g/mol. The zero-order valence-corrected chi connectivity index (χ0v) is 11.7. The van der Waals surface area contributed by atoms with Crippen molar-refractivity contribution in [3.63, 3.8) is 0 Å². The number of piperidine rings is 1. The highest BCUT2D eigenvalue weighted by atomic mass is 16.2. The van der Waals surface area contributed by atoms with Gasteiger partial charge in [-0.1, -0.05) is 32.0 Å². The largest absolute Gasteiger partial charge is 0.322 e. The van der Waals surface area contributed by atoms with Gasteiger partial charge in [-0.3, -0.25) is 19.7 Å². The van der Waals surface area contributed by atoms with Crippen LogP contribution in [0.4, 0.5) is 0 Å². The molecule has 0 saturated carbocycles. The van der Waals surface area contributed by atoms with Gasteiger partial charge in [0, 0.05) is 20.0 Å². The van der Waals surface area contributed by atoms with Crippen LogP contribution in [0.3, 0.4) is 0 Å². The molecule has 0 bridgehead atoms. The van der Waals surface area contributed by atoms with Crippen LogP contribution >= 0.6 is 0 Å². The molecule has 1 fully saturated rings. The standard InChI is InChI=1S/C13H12N2O3.C2H6.H2/c16-11-6-5-10(12(17)14-11)15-7-8-3-1-2-4-9(8)13(15)18;1-2;/h1-4,10H,5-7H2,(H,14,16,17);1-2H3;1H. The fourth-order valence-corrected chi connectivity index (χ4v) is 2.51. The van der Waals surface area contributed by atoms with Gasteiger partial charge < -0.3 is 4.90 Å². The minimum Gasteiger partial charge on any atom is -0.322 e. The summed E-state index contributed by atoms with van der Waals surface area (Å²) in [5.74, 6) is -0.757. The van der Waals surface area contributed by atoms with Crippen molar-refractivity contribution < 1.29 is 15.8 Å². The second-order valence-electron chi connectivity index (χ2n) is 4.56. The van der Waals surface area contributed by atoms with Crippen molar-refractivity contribution in [3.8, 4) is 0 Å². The minimum absolute atomic E-state index is 0. The van der Waals surface area contributed by atoms with Crippen molar-refractivity contribution in [1.29, 1.82) is 0 Å². The molecule has 1 unspecified atom stereocenters. The molecule has 3 amide bonds. The summed E-state index contributed by atoms with van der Waals surface area (Å²) in [7, 11) is 0. The Kier molecular flexibility index (Phi) is 4.17. The molecule has 5 heteroatoms. The quantitative estimate of drug-likeness (QED) is 0.794. The molecule has 1 N–H and O–H groups in total. The van der Waals surface area contributed by atoms with Gasteiger partial charge in [-0.2, -0.15) is 0 Å². The van der Waals surface area contributed by atoms with Crippen molar-refractivity contribution in [3.05, 3.63) is 35.4 Å². The highest BCUT2D eigenvalue weighted by Gasteiger charge is 2.38. The molecule has 108 valence electrons. The second-order valence-corrected chi connectivity index (χ2v) is 4.56. The van der Waals surface area contributed by atoms with Crippen LogP contribution in [0.15, 0.2) is 24.3 Å². The number of nitrogens with zero attached hydrogens (tertiary/aromatic N) is 1. The van der Waals surface area contributed by atoms with E-state index in [-0.39, 0.29) is 25.6 Å². The molecule has 2 heterocycles. The number of carbonyl (C=O) groups is 3. The number of rotatable bonds is 1. The number of imide groups is 1. The zero-order valence-electron chi connectivity index (χ0n) is 11.7. The van der Waals surface area contributed by atoms with E-state index in [1.54, 1.807) is 11.0 Å². The highest BCUT2D eigenvalue weighted by Crippen LogP contribution is 2.26. The molecule has 1 aromatic rings. The van der Waals surface area contributed by atoms with Crippen LogP contribution in [0.1, 0.15) is 44.0 Å². The molecule has 1 atom stereocenters. The van der Waals surface area contributed by atoms with Gasteiger partial charge in [0.15, 0.2) is 0 Å². The molecule has 5 nitrogen and oxygen atoms in total. The summed E-state index contributed by atoms with van der Waals surface area (Å²) in [5, 5.41) is 2.28. The van der Waals surface area contributed by atoms with Gasteiger partial charge >= 0.3 is 0 Å². The van der Waals surface area contributed by atoms with Crippen LogP contribution < -0.4 is 5.32 Å². The van der Waals surface area contributed by atoms with Crippen LogP contribution in [0, 0.1) is 0 Å². The Labute approximate surface area is 119 Å². The Morgan fingerprint density at radius 1 is 1.20 bits per heavy atom. The van der Waals surface area contributed by atoms with E-state index < -0.39 is 6.04 Å². The van der Waals surface area contributed by atoms with Crippen molar-refractivity contribution >= 4 is 17.7 Å². The Morgan fingerprint density at radius 2 is 1.90 bits per heavy atom. The van der Waals surface area contributed by atoms with Crippen molar-refractivity contribution in [2.75, 3.05) is 0 Å². The molecule has 2 aliphatic rings. The lowest BCUT2D eigenvalue weighted by Crippen LogP contribution is -2.52. The molecule has 1 aromatic carbocycles. The summed E-state index contributed by atoms with van der Waals surface area (Å²) in [5.41, 5.74) is 1.59. The summed E-state index contributed by atoms with van der Waals surface area (Å²) in [6.45, 7) is 4.45. The lowest BCUT2D eigenvalue weighted by atomic mass is 10.0. The average Bonchev–Trinajstić information content (AvgIpc) is 2.79. The predicted octanol–water partition coefficient (Wildman–Crippen LogP) is 1.72. The topological polar surface area (TPSA) is 66.5 Å². The highest BCUT2D eigenvalue weighted by molar-refractivity contribution is 6.05. The van der Waals surface area contributed by atoms with E-state index in [0.29, 0.717) is 18.5 Å². The number of hydrogen-bond acceptors (Lipinski definition) is 3. The van der Waals surface area contributed by atoms with Crippen LogP contribution in [-0.2, 0) is 16.1 Å². The molecular formula is C15H20N2O3. The van der Waals surface area contributed by atoms with Crippen LogP contribution in [0.5, 0.6) is 0 Å². The number of fused-ring (bicyclic) bond motifs is 1. The van der Waals surface area contributed by atoms with Gasteiger partial charge in [0.25, 0.3) is 5.91 Å². The summed E-state index contributed by atoms with van der Waals surface area (Å²) < 4.78 is 0. The van der Waals surface area contributed by atoms with Gasteiger partial charge in [0.05, 0.1) is 0 Å². The minimum atomic E-state index is -0.525. The number of amides is 3. The van der Waals surface area contributed by atoms with Crippen LogP contribution in [0.2, 0.25) is 0 Å². The maximum atomic E-state index is 12.2. The molecule has 20 heavy (non-hydrogen) atoms. The van der Waals surface area contributed by atoms with Crippen molar-refractivity contribution in [2.45, 2.75) is 39.3 Å². The number of nitrogens with one attached hydrogen (secondary N) is 1. The molecule has 1 saturated heterocycles. The normalized spacial score (nSPS) is 21.0. The maximum Gasteiger partial charge on any atom is 0.255 e. The number of benzene rings is 1. The first-order valence-corrected chi connectivity index (χ1v) is 6.89. The fourth-order valence-electron chi connectivity index (χ4n) is 2.51. The van der Waals surface area contributed by atoms with E-state index in [2.05, 4.69) is 5.32 Å². The van der Waals surface area contributed by atoms with E-state index in [0.717, 1.165) is 5.56 Å². The Morgan fingerprint density at radius 3 is 2.55 bits per heavy atom. The smallest absolute Gasteiger partial charge is 0.255 e. The van der Waals surface area contributed by atoms with Gasteiger partial charge in [0.1, 0.15) is 6.04 Å². The predicted molar refractivity (Wildman–Crippen MR) is 75.9 cm³/mol. The van der Waals surface area contributed by atoms with Crippen LogP contribution in [0.25, 0.3) is 0 Å². The Hall–Kier alpha value is -2.17. The molecule has 0 radical (unpaired) electrons. The van der Waals surface area contributed by atoms with Crippen molar-refractivity contribution in [2.24, 2.45) is 0 Å². The SMILES string of the molecule is CC.O=C1CCC(N2Cc3ccccc3C2=O)C(=O)N1.[HH]. The third kappa shape index (κ3) is 2.43. The third-order valence-corrected chi connectivity index (χ3v) is 3.44. The van der Waals surface area contributed by atoms with E-state index in [4.69, 9.17) is 0 Å². The number of carbonyl (C=O) groups excluding carboxylic acids is 3. The monoisotopic (exact) mass is 276 g/mol. The first-order chi connectivity index (χ1) is 9.66. The van der Waals surface area contributed by atoms with Gasteiger partial charge in [-0.15, -0.1) is 0 Å². The second kappa shape index (κ2) is 5.86. The summed E-state index contributed by atoms with van der Waals surface area (Å²) in [4.78, 5) is 36.6. The van der Waals surface area contributed by atoms with Crippen LogP contribution in [-0.4, -0.2) is 28.7 Å². The first kappa shape index (κ1) is 14.2. The first-order valence-electron chi connectivity index (χ1n) is 6.89. The maximum absolute atomic E-state index is 12.2. The van der Waals surface area contributed by atoms with Gasteiger partial charge in [-0.25, -0.2) is 0 Å². The molecule has 0 aromatic heterocycles. The number of hydrogen-bond donors (Lipinski definition) is 1. The average molecular weight is 276 g/mol. The zero-order chi connectivity index (χ0) is 14.7. The molecule has 2 aliphatic heterocycles. The third-order valence-electron chi connectivity index (χ3n) is 3.44. The molecule has 0 aliphatic carbocycles. The Bertz CT molecular complexity index is 560. The lowest BCUT2D eigenvalue weighted by molar-refractivity contribution is -0.136.